The maximum absolute atomic E-state index is 12.6. The number of benzene rings is 2. The number of thioether (sulfide) groups is 1. The van der Waals surface area contributed by atoms with Gasteiger partial charge in [0.25, 0.3) is 0 Å². The van der Waals surface area contributed by atoms with Gasteiger partial charge in [0.2, 0.25) is 11.0 Å². The zero-order valence-corrected chi connectivity index (χ0v) is 18.9. The van der Waals surface area contributed by atoms with E-state index in [0.29, 0.717) is 17.6 Å². The number of rotatable bonds is 10. The second-order valence-corrected chi connectivity index (χ2v) is 9.32. The molecule has 0 spiro atoms. The number of aromatic nitrogens is 2. The number of carbonyl (C=O) groups excluding carboxylic acids is 1. The molecule has 0 bridgehead atoms. The van der Waals surface area contributed by atoms with E-state index in [1.54, 1.807) is 7.11 Å². The second kappa shape index (κ2) is 11.0. The average molecular weight is 443 g/mol. The van der Waals surface area contributed by atoms with Gasteiger partial charge in [-0.1, -0.05) is 66.4 Å². The predicted octanol–water partition coefficient (Wildman–Crippen LogP) is 5.08. The third-order valence-electron chi connectivity index (χ3n) is 4.66. The molecule has 0 unspecified atom stereocenters. The van der Waals surface area contributed by atoms with Crippen molar-refractivity contribution in [2.24, 2.45) is 0 Å². The zero-order chi connectivity index (χ0) is 21.3. The SMILES string of the molecule is CC[C@@H](CNC(=O)[C@H](C)Sc1nnc(Nc2cccc(OC)c2)s1)c1ccccc1. The third-order valence-corrected chi connectivity index (χ3v) is 6.68. The van der Waals surface area contributed by atoms with E-state index in [-0.39, 0.29) is 11.2 Å². The number of nitrogens with one attached hydrogen (secondary N) is 2. The Balaban J connectivity index is 1.51. The Hall–Kier alpha value is -2.58. The number of anilines is 2. The molecular weight excluding hydrogens is 416 g/mol. The summed E-state index contributed by atoms with van der Waals surface area (Å²) < 4.78 is 5.98. The summed E-state index contributed by atoms with van der Waals surface area (Å²) in [6.07, 6.45) is 0.974. The molecule has 1 aromatic heterocycles. The fourth-order valence-corrected chi connectivity index (χ4v) is 4.87. The van der Waals surface area contributed by atoms with E-state index in [1.165, 1.54) is 28.7 Å². The highest BCUT2D eigenvalue weighted by atomic mass is 32.2. The quantitative estimate of drug-likeness (QED) is 0.427. The minimum absolute atomic E-state index is 0.00638. The molecule has 1 heterocycles. The molecule has 0 aliphatic carbocycles. The Bertz CT molecular complexity index is 949. The van der Waals surface area contributed by atoms with Crippen molar-refractivity contribution in [3.63, 3.8) is 0 Å². The summed E-state index contributed by atoms with van der Waals surface area (Å²) in [5.41, 5.74) is 2.12. The Morgan fingerprint density at radius 2 is 1.97 bits per heavy atom. The highest BCUT2D eigenvalue weighted by Gasteiger charge is 2.19. The van der Waals surface area contributed by atoms with Gasteiger partial charge in [-0.05, 0) is 31.0 Å². The largest absolute Gasteiger partial charge is 0.497 e. The summed E-state index contributed by atoms with van der Waals surface area (Å²) in [4.78, 5) is 12.6. The fraction of sp³-hybridized carbons (Fsp3) is 0.318. The van der Waals surface area contributed by atoms with Gasteiger partial charge in [0.15, 0.2) is 4.34 Å². The molecule has 0 saturated heterocycles. The van der Waals surface area contributed by atoms with Gasteiger partial charge in [0, 0.05) is 24.2 Å². The van der Waals surface area contributed by atoms with E-state index < -0.39 is 0 Å². The summed E-state index contributed by atoms with van der Waals surface area (Å²) >= 11 is 2.84. The highest BCUT2D eigenvalue weighted by molar-refractivity contribution is 8.02. The van der Waals surface area contributed by atoms with Crippen LogP contribution in [0.3, 0.4) is 0 Å². The summed E-state index contributed by atoms with van der Waals surface area (Å²) in [6.45, 7) is 4.66. The molecule has 2 aromatic carbocycles. The third kappa shape index (κ3) is 6.21. The van der Waals surface area contributed by atoms with Crippen molar-refractivity contribution in [2.45, 2.75) is 35.8 Å². The van der Waals surface area contributed by atoms with Crippen LogP contribution in [-0.2, 0) is 4.79 Å². The van der Waals surface area contributed by atoms with Crippen LogP contribution in [0.15, 0.2) is 58.9 Å². The first-order valence-electron chi connectivity index (χ1n) is 9.83. The molecule has 2 N–H and O–H groups in total. The number of amides is 1. The van der Waals surface area contributed by atoms with E-state index in [1.807, 2.05) is 49.4 Å². The van der Waals surface area contributed by atoms with Gasteiger partial charge < -0.3 is 15.4 Å². The zero-order valence-electron chi connectivity index (χ0n) is 17.3. The molecule has 8 heteroatoms. The Morgan fingerprint density at radius 3 is 2.70 bits per heavy atom. The molecule has 0 saturated carbocycles. The molecule has 0 radical (unpaired) electrons. The van der Waals surface area contributed by atoms with Crippen LogP contribution in [-0.4, -0.2) is 35.0 Å². The van der Waals surface area contributed by atoms with Crippen molar-refractivity contribution in [3.8, 4) is 5.75 Å². The molecule has 3 rings (SSSR count). The van der Waals surface area contributed by atoms with Gasteiger partial charge in [-0.2, -0.15) is 0 Å². The maximum atomic E-state index is 12.6. The van der Waals surface area contributed by atoms with Crippen molar-refractivity contribution in [3.05, 3.63) is 60.2 Å². The number of hydrogen-bond acceptors (Lipinski definition) is 7. The molecule has 0 aliphatic rings. The smallest absolute Gasteiger partial charge is 0.233 e. The number of methoxy groups -OCH3 is 1. The molecule has 0 fully saturated rings. The molecule has 0 aliphatic heterocycles. The van der Waals surface area contributed by atoms with Crippen LogP contribution in [0.4, 0.5) is 10.8 Å². The van der Waals surface area contributed by atoms with Crippen LogP contribution in [0.1, 0.15) is 31.7 Å². The van der Waals surface area contributed by atoms with E-state index in [4.69, 9.17) is 4.74 Å². The number of carbonyl (C=O) groups is 1. The van der Waals surface area contributed by atoms with E-state index in [9.17, 15) is 4.79 Å². The van der Waals surface area contributed by atoms with Gasteiger partial charge in [0.05, 0.1) is 12.4 Å². The molecule has 30 heavy (non-hydrogen) atoms. The molecule has 1 amide bonds. The normalized spacial score (nSPS) is 12.8. The number of hydrogen-bond donors (Lipinski definition) is 2. The molecule has 2 atom stereocenters. The Kier molecular flexibility index (Phi) is 8.10. The van der Waals surface area contributed by atoms with Gasteiger partial charge in [0.1, 0.15) is 5.75 Å². The van der Waals surface area contributed by atoms with Crippen LogP contribution in [0, 0.1) is 0 Å². The van der Waals surface area contributed by atoms with Gasteiger partial charge in [-0.25, -0.2) is 0 Å². The van der Waals surface area contributed by atoms with Crippen molar-refractivity contribution in [1.29, 1.82) is 0 Å². The van der Waals surface area contributed by atoms with Crippen LogP contribution in [0.2, 0.25) is 0 Å². The lowest BCUT2D eigenvalue weighted by atomic mass is 9.96. The molecular formula is C22H26N4O2S2. The van der Waals surface area contributed by atoms with E-state index in [0.717, 1.165) is 22.2 Å². The van der Waals surface area contributed by atoms with Crippen LogP contribution >= 0.6 is 23.1 Å². The van der Waals surface area contributed by atoms with Crippen LogP contribution in [0.5, 0.6) is 5.75 Å². The van der Waals surface area contributed by atoms with Gasteiger partial charge in [-0.3, -0.25) is 4.79 Å². The second-order valence-electron chi connectivity index (χ2n) is 6.75. The minimum atomic E-state index is -0.254. The Morgan fingerprint density at radius 1 is 1.17 bits per heavy atom. The van der Waals surface area contributed by atoms with E-state index >= 15 is 0 Å². The molecule has 158 valence electrons. The van der Waals surface area contributed by atoms with Crippen molar-refractivity contribution < 1.29 is 9.53 Å². The first-order valence-corrected chi connectivity index (χ1v) is 11.5. The Labute approximate surface area is 185 Å². The summed E-state index contributed by atoms with van der Waals surface area (Å²) in [6, 6.07) is 17.9. The van der Waals surface area contributed by atoms with Crippen molar-refractivity contribution in [2.75, 3.05) is 19.0 Å². The summed E-state index contributed by atoms with van der Waals surface area (Å²) in [5, 5.41) is 15.1. The van der Waals surface area contributed by atoms with Crippen molar-refractivity contribution >= 4 is 39.8 Å². The van der Waals surface area contributed by atoms with E-state index in [2.05, 4.69) is 39.9 Å². The molecule has 3 aromatic rings. The first kappa shape index (κ1) is 22.1. The van der Waals surface area contributed by atoms with Crippen LogP contribution in [0.25, 0.3) is 0 Å². The minimum Gasteiger partial charge on any atom is -0.497 e. The predicted molar refractivity (Wildman–Crippen MR) is 124 cm³/mol. The number of nitrogens with zero attached hydrogens (tertiary/aromatic N) is 2. The van der Waals surface area contributed by atoms with Crippen molar-refractivity contribution in [1.82, 2.24) is 15.5 Å². The lowest BCUT2D eigenvalue weighted by Crippen LogP contribution is -2.34. The lowest BCUT2D eigenvalue weighted by Gasteiger charge is -2.17. The van der Waals surface area contributed by atoms with Crippen LogP contribution < -0.4 is 15.4 Å². The van der Waals surface area contributed by atoms with Gasteiger partial charge in [-0.15, -0.1) is 10.2 Å². The maximum Gasteiger partial charge on any atom is 0.233 e. The summed E-state index contributed by atoms with van der Waals surface area (Å²) in [5.74, 6) is 1.09. The van der Waals surface area contributed by atoms with Gasteiger partial charge >= 0.3 is 0 Å². The monoisotopic (exact) mass is 442 g/mol. The lowest BCUT2D eigenvalue weighted by molar-refractivity contribution is -0.120. The number of ether oxygens (including phenoxy) is 1. The fourth-order valence-electron chi connectivity index (χ4n) is 2.93. The topological polar surface area (TPSA) is 76.1 Å². The highest BCUT2D eigenvalue weighted by Crippen LogP contribution is 2.31. The standard InChI is InChI=1S/C22H26N4O2S2/c1-4-16(17-9-6-5-7-10-17)14-23-20(27)15(2)29-22-26-25-21(30-22)24-18-11-8-12-19(13-18)28-3/h5-13,15-16H,4,14H2,1-3H3,(H,23,27)(H,24,25)/t15-,16-/m0/s1. The first-order chi connectivity index (χ1) is 14.6. The molecule has 6 nitrogen and oxygen atoms in total. The summed E-state index contributed by atoms with van der Waals surface area (Å²) in [7, 11) is 1.63. The average Bonchev–Trinajstić information content (AvgIpc) is 3.21.